The van der Waals surface area contributed by atoms with Gasteiger partial charge in [-0.15, -0.1) is 0 Å². The predicted molar refractivity (Wildman–Crippen MR) is 121 cm³/mol. The highest BCUT2D eigenvalue weighted by Gasteiger charge is 2.35. The Morgan fingerprint density at radius 1 is 1.16 bits per heavy atom. The predicted octanol–water partition coefficient (Wildman–Crippen LogP) is 3.73. The van der Waals surface area contributed by atoms with Gasteiger partial charge in [-0.3, -0.25) is 4.90 Å². The smallest absolute Gasteiger partial charge is 0.338 e. The first-order valence-corrected chi connectivity index (χ1v) is 10.2. The number of esters is 1. The van der Waals surface area contributed by atoms with E-state index in [9.17, 15) is 14.0 Å². The molecule has 32 heavy (non-hydrogen) atoms. The molecule has 168 valence electrons. The van der Waals surface area contributed by atoms with Crippen LogP contribution in [-0.4, -0.2) is 42.5 Å². The second kappa shape index (κ2) is 9.88. The molecule has 0 bridgehead atoms. The monoisotopic (exact) mass is 458 g/mol. The number of thiocarbonyl (C=S) groups is 1. The van der Waals surface area contributed by atoms with Crippen molar-refractivity contribution in [2.45, 2.75) is 19.9 Å². The Kier molecular flexibility index (Phi) is 7.22. The van der Waals surface area contributed by atoms with E-state index in [2.05, 4.69) is 5.32 Å². The van der Waals surface area contributed by atoms with Crippen molar-refractivity contribution in [1.29, 1.82) is 0 Å². The maximum absolute atomic E-state index is 14.2. The highest BCUT2D eigenvalue weighted by Crippen LogP contribution is 2.34. The summed E-state index contributed by atoms with van der Waals surface area (Å²) in [6.45, 7) is 3.65. The van der Waals surface area contributed by atoms with Crippen LogP contribution in [0.15, 0.2) is 53.7 Å². The van der Waals surface area contributed by atoms with E-state index in [1.807, 2.05) is 0 Å². The van der Waals surface area contributed by atoms with Crippen LogP contribution in [0.4, 0.5) is 10.1 Å². The topological polar surface area (TPSA) is 88.1 Å². The fourth-order valence-corrected chi connectivity index (χ4v) is 3.76. The van der Waals surface area contributed by atoms with E-state index >= 15 is 0 Å². The molecule has 1 aliphatic rings. The third-order valence-electron chi connectivity index (χ3n) is 5.13. The molecule has 2 aromatic carbocycles. The van der Waals surface area contributed by atoms with E-state index in [0.717, 1.165) is 0 Å². The number of methoxy groups -OCH3 is 1. The van der Waals surface area contributed by atoms with Gasteiger partial charge in [-0.05, 0) is 61.5 Å². The highest BCUT2D eigenvalue weighted by molar-refractivity contribution is 7.80. The molecule has 0 amide bonds. The number of nitrogens with zero attached hydrogens (tertiary/aromatic N) is 1. The fraction of sp³-hybridized carbons (Fsp3) is 0.261. The van der Waals surface area contributed by atoms with Crippen molar-refractivity contribution < 1.29 is 28.6 Å². The Morgan fingerprint density at radius 2 is 1.84 bits per heavy atom. The third kappa shape index (κ3) is 4.79. The van der Waals surface area contributed by atoms with E-state index in [1.165, 1.54) is 25.3 Å². The van der Waals surface area contributed by atoms with Gasteiger partial charge < -0.3 is 19.9 Å². The van der Waals surface area contributed by atoms with Crippen LogP contribution >= 0.6 is 12.2 Å². The molecule has 0 saturated carbocycles. The molecule has 0 saturated heterocycles. The van der Waals surface area contributed by atoms with Gasteiger partial charge in [-0.25, -0.2) is 14.0 Å². The zero-order valence-corrected chi connectivity index (χ0v) is 18.7. The lowest BCUT2D eigenvalue weighted by molar-refractivity contribution is -0.140. The minimum atomic E-state index is -1.05. The van der Waals surface area contributed by atoms with Gasteiger partial charge in [0.1, 0.15) is 12.4 Å². The molecule has 1 heterocycles. The van der Waals surface area contributed by atoms with Gasteiger partial charge in [-0.2, -0.15) is 0 Å². The Labute approximate surface area is 190 Å². The van der Waals surface area contributed by atoms with Crippen LogP contribution in [0.2, 0.25) is 0 Å². The largest absolute Gasteiger partial charge is 0.478 e. The Hall–Kier alpha value is -3.30. The minimum absolute atomic E-state index is 0.0559. The molecule has 0 fully saturated rings. The Balaban J connectivity index is 2.07. The molecule has 1 unspecified atom stereocenters. The summed E-state index contributed by atoms with van der Waals surface area (Å²) in [6, 6.07) is 10.1. The lowest BCUT2D eigenvalue weighted by atomic mass is 9.94. The Bertz CT molecular complexity index is 1080. The molecule has 0 radical (unpaired) electrons. The number of hydrogen-bond donors (Lipinski definition) is 2. The average Bonchev–Trinajstić information content (AvgIpc) is 2.76. The minimum Gasteiger partial charge on any atom is -0.478 e. The number of anilines is 1. The van der Waals surface area contributed by atoms with Crippen molar-refractivity contribution in [3.05, 3.63) is 76.2 Å². The van der Waals surface area contributed by atoms with Crippen LogP contribution in [0.25, 0.3) is 0 Å². The van der Waals surface area contributed by atoms with Crippen molar-refractivity contribution in [1.82, 2.24) is 5.32 Å². The molecule has 9 heteroatoms. The quantitative estimate of drug-likeness (QED) is 0.369. The SMILES string of the molecule is COCCOC(=O)C1=C(C)N(c2ccc(C)c(F)c2)C(=S)NC1c1ccc(C(=O)O)cc1. The second-order valence-corrected chi connectivity index (χ2v) is 7.59. The zero-order valence-electron chi connectivity index (χ0n) is 17.8. The van der Waals surface area contributed by atoms with Crippen LogP contribution in [0, 0.1) is 12.7 Å². The van der Waals surface area contributed by atoms with Gasteiger partial charge in [-0.1, -0.05) is 18.2 Å². The molecule has 2 aromatic rings. The summed E-state index contributed by atoms with van der Waals surface area (Å²) in [6.07, 6.45) is 0. The van der Waals surface area contributed by atoms with Crippen molar-refractivity contribution in [2.24, 2.45) is 0 Å². The number of carbonyl (C=O) groups excluding carboxylic acids is 1. The number of nitrogens with one attached hydrogen (secondary N) is 1. The highest BCUT2D eigenvalue weighted by atomic mass is 32.1. The number of carboxylic acid groups (broad SMARTS) is 1. The third-order valence-corrected chi connectivity index (χ3v) is 5.43. The standard InChI is InChI=1S/C23H23FN2O5S/c1-13-4-9-17(12-18(13)24)26-14(2)19(22(29)31-11-10-30-3)20(25-23(26)32)15-5-7-16(8-6-15)21(27)28/h4-9,12,20H,10-11H2,1-3H3,(H,25,32)(H,27,28). The number of ether oxygens (including phenoxy) is 2. The number of hydrogen-bond acceptors (Lipinski definition) is 5. The van der Waals surface area contributed by atoms with Crippen molar-refractivity contribution in [3.8, 4) is 0 Å². The van der Waals surface area contributed by atoms with Crippen molar-refractivity contribution in [3.63, 3.8) is 0 Å². The molecule has 0 spiro atoms. The molecule has 2 N–H and O–H groups in total. The first-order chi connectivity index (χ1) is 15.2. The van der Waals surface area contributed by atoms with Crippen LogP contribution in [-0.2, 0) is 14.3 Å². The maximum atomic E-state index is 14.2. The van der Waals surface area contributed by atoms with Gasteiger partial charge in [0.15, 0.2) is 5.11 Å². The van der Waals surface area contributed by atoms with Gasteiger partial charge in [0.05, 0.1) is 29.5 Å². The van der Waals surface area contributed by atoms with Crippen molar-refractivity contribution >= 4 is 35.0 Å². The fourth-order valence-electron chi connectivity index (χ4n) is 3.40. The molecular formula is C23H23FN2O5S. The molecule has 3 rings (SSSR count). The molecule has 0 aromatic heterocycles. The van der Waals surface area contributed by atoms with E-state index in [0.29, 0.717) is 22.5 Å². The van der Waals surface area contributed by atoms with Gasteiger partial charge in [0.2, 0.25) is 0 Å². The lowest BCUT2D eigenvalue weighted by Gasteiger charge is -2.37. The molecule has 0 aliphatic carbocycles. The number of aromatic carboxylic acids is 1. The molecule has 1 aliphatic heterocycles. The maximum Gasteiger partial charge on any atom is 0.338 e. The van der Waals surface area contributed by atoms with E-state index in [1.54, 1.807) is 43.0 Å². The van der Waals surface area contributed by atoms with Crippen LogP contribution in [0.3, 0.4) is 0 Å². The summed E-state index contributed by atoms with van der Waals surface area (Å²) >= 11 is 5.54. The summed E-state index contributed by atoms with van der Waals surface area (Å²) in [4.78, 5) is 25.8. The normalized spacial score (nSPS) is 16.1. The summed E-state index contributed by atoms with van der Waals surface area (Å²) in [5.41, 5.74) is 2.45. The summed E-state index contributed by atoms with van der Waals surface area (Å²) in [5, 5.41) is 12.5. The number of aryl methyl sites for hydroxylation is 1. The summed E-state index contributed by atoms with van der Waals surface area (Å²) in [7, 11) is 1.50. The number of benzene rings is 2. The van der Waals surface area contributed by atoms with E-state index in [4.69, 9.17) is 26.8 Å². The number of halogens is 1. The second-order valence-electron chi connectivity index (χ2n) is 7.21. The molecule has 7 nitrogen and oxygen atoms in total. The number of carboxylic acids is 1. The lowest BCUT2D eigenvalue weighted by Crippen LogP contribution is -2.48. The summed E-state index contributed by atoms with van der Waals surface area (Å²) in [5.74, 6) is -2.03. The van der Waals surface area contributed by atoms with Crippen molar-refractivity contribution in [2.75, 3.05) is 25.2 Å². The van der Waals surface area contributed by atoms with Crippen LogP contribution in [0.5, 0.6) is 0 Å². The van der Waals surface area contributed by atoms with Gasteiger partial charge in [0.25, 0.3) is 0 Å². The molecular weight excluding hydrogens is 435 g/mol. The van der Waals surface area contributed by atoms with Crippen LogP contribution < -0.4 is 10.2 Å². The number of carbonyl (C=O) groups is 2. The van der Waals surface area contributed by atoms with Gasteiger partial charge >= 0.3 is 11.9 Å². The first kappa shape index (κ1) is 23.4. The van der Waals surface area contributed by atoms with E-state index in [-0.39, 0.29) is 29.5 Å². The first-order valence-electron chi connectivity index (χ1n) is 9.81. The van der Waals surface area contributed by atoms with Gasteiger partial charge in [0, 0.05) is 12.8 Å². The van der Waals surface area contributed by atoms with E-state index < -0.39 is 23.8 Å². The zero-order chi connectivity index (χ0) is 23.4. The summed E-state index contributed by atoms with van der Waals surface area (Å²) < 4.78 is 24.6. The number of allylic oxidation sites excluding steroid dienone is 1. The Morgan fingerprint density at radius 3 is 2.44 bits per heavy atom. The van der Waals surface area contributed by atoms with Crippen LogP contribution in [0.1, 0.15) is 34.5 Å². The number of rotatable bonds is 7. The molecule has 1 atom stereocenters. The average molecular weight is 459 g/mol.